The summed E-state index contributed by atoms with van der Waals surface area (Å²) >= 11 is 0. The number of nitrogens with zero attached hydrogens (tertiary/aromatic N) is 2. The Morgan fingerprint density at radius 2 is 0.722 bits per heavy atom. The molecule has 6 heteroatoms. The second-order valence-corrected chi connectivity index (χ2v) is 12.6. The quantitative estimate of drug-likeness (QED) is 0.180. The molecule has 0 radical (unpaired) electrons. The van der Waals surface area contributed by atoms with Gasteiger partial charge in [0.15, 0.2) is 0 Å². The molecule has 8 aromatic carbocycles. The summed E-state index contributed by atoms with van der Waals surface area (Å²) in [6, 6.07) is 64.2. The molecule has 10 aromatic rings. The molecule has 256 valence electrons. The predicted molar refractivity (Wildman–Crippen MR) is 211 cm³/mol. The van der Waals surface area contributed by atoms with Crippen LogP contribution in [0.15, 0.2) is 194 Å². The monoisotopic (exact) mass is 886 g/mol. The van der Waals surface area contributed by atoms with Gasteiger partial charge in [0, 0.05) is 34.3 Å². The topological polar surface area (TPSA) is 25.8 Å². The first-order valence-electron chi connectivity index (χ1n) is 17.0. The van der Waals surface area contributed by atoms with Crippen LogP contribution in [0.4, 0.5) is 0 Å². The maximum absolute atomic E-state index is 4.63. The van der Waals surface area contributed by atoms with Gasteiger partial charge in [0.25, 0.3) is 0 Å². The van der Waals surface area contributed by atoms with Gasteiger partial charge >= 0.3 is 52.4 Å². The van der Waals surface area contributed by atoms with Crippen molar-refractivity contribution < 1.29 is 77.2 Å². The molecule has 10 rings (SSSR count). The molecule has 2 nitrogen and oxygen atoms in total. The molecular formula is C48H32Cl2N2Zr2. The Morgan fingerprint density at radius 3 is 1.15 bits per heavy atom. The molecule has 0 amide bonds. The Labute approximate surface area is 366 Å². The van der Waals surface area contributed by atoms with Gasteiger partial charge in [-0.05, 0) is 23.3 Å². The Morgan fingerprint density at radius 1 is 0.352 bits per heavy atom. The molecule has 0 spiro atoms. The number of hydrogen-bond acceptors (Lipinski definition) is 2. The number of halogens is 2. The van der Waals surface area contributed by atoms with Crippen molar-refractivity contribution in [1.82, 2.24) is 9.97 Å². The van der Waals surface area contributed by atoms with Crippen molar-refractivity contribution in [3.05, 3.63) is 194 Å². The van der Waals surface area contributed by atoms with E-state index in [1.165, 1.54) is 76.8 Å². The van der Waals surface area contributed by atoms with E-state index in [4.69, 9.17) is 0 Å². The maximum Gasteiger partial charge on any atom is 2.00 e. The van der Waals surface area contributed by atoms with Gasteiger partial charge in [-0.3, -0.25) is 9.97 Å². The summed E-state index contributed by atoms with van der Waals surface area (Å²) in [5.74, 6) is 0. The van der Waals surface area contributed by atoms with Crippen molar-refractivity contribution in [3.8, 4) is 44.5 Å². The molecule has 0 N–H and O–H groups in total. The first kappa shape index (κ1) is 40.9. The van der Waals surface area contributed by atoms with Crippen LogP contribution in [0.1, 0.15) is 0 Å². The van der Waals surface area contributed by atoms with E-state index in [1.807, 2.05) is 24.5 Å². The normalized spacial score (nSPS) is 10.4. The zero-order valence-corrected chi connectivity index (χ0v) is 35.6. The maximum atomic E-state index is 4.63. The summed E-state index contributed by atoms with van der Waals surface area (Å²) in [5.41, 5.74) is 12.0. The average molecular weight is 890 g/mol. The van der Waals surface area contributed by atoms with Crippen LogP contribution in [0, 0.1) is 0 Å². The van der Waals surface area contributed by atoms with Gasteiger partial charge < -0.3 is 24.8 Å². The van der Waals surface area contributed by atoms with E-state index in [-0.39, 0.29) is 77.2 Å². The van der Waals surface area contributed by atoms with E-state index in [9.17, 15) is 0 Å². The molecule has 0 aliphatic rings. The summed E-state index contributed by atoms with van der Waals surface area (Å²) in [7, 11) is 0. The minimum Gasteiger partial charge on any atom is -1.00 e. The zero-order valence-electron chi connectivity index (χ0n) is 29.1. The molecule has 0 aliphatic heterocycles. The second-order valence-electron chi connectivity index (χ2n) is 12.6. The molecule has 54 heavy (non-hydrogen) atoms. The van der Waals surface area contributed by atoms with Crippen LogP contribution in [0.25, 0.3) is 87.9 Å². The fraction of sp³-hybridized carbons (Fsp3) is 0. The van der Waals surface area contributed by atoms with E-state index in [0.29, 0.717) is 0 Å². The first-order chi connectivity index (χ1) is 24.8. The molecule has 0 aliphatic carbocycles. The van der Waals surface area contributed by atoms with E-state index >= 15 is 0 Å². The Hall–Kier alpha value is -4.29. The van der Waals surface area contributed by atoms with Crippen LogP contribution < -0.4 is 24.8 Å². The fourth-order valence-electron chi connectivity index (χ4n) is 7.18. The Balaban J connectivity index is 0.000000193. The third-order valence-electron chi connectivity index (χ3n) is 9.56. The molecule has 2 aromatic heterocycles. The van der Waals surface area contributed by atoms with Crippen molar-refractivity contribution in [2.75, 3.05) is 0 Å². The fourth-order valence-corrected chi connectivity index (χ4v) is 7.18. The third kappa shape index (κ3) is 8.05. The van der Waals surface area contributed by atoms with E-state index < -0.39 is 0 Å². The molecule has 0 fully saturated rings. The van der Waals surface area contributed by atoms with Crippen molar-refractivity contribution >= 4 is 43.4 Å². The van der Waals surface area contributed by atoms with Crippen molar-refractivity contribution in [1.29, 1.82) is 0 Å². The first-order valence-corrected chi connectivity index (χ1v) is 17.0. The van der Waals surface area contributed by atoms with Gasteiger partial charge in [-0.1, -0.05) is 145 Å². The molecule has 0 unspecified atom stereocenters. The SMILES string of the molecule is [Cl-].[Cl-].[Zr+2].[Zr+2].c1ccc(-c2cc3c(-c4cccc5cccnc45)cccc3[cH-]2)cc1.c1ccc(-c2cc3c(-c4cccc5cccnc45)cccc3[cH-]2)cc1. The number of aromatic nitrogens is 2. The number of para-hydroxylation sites is 2. The number of pyridine rings is 2. The zero-order chi connectivity index (χ0) is 33.3. The Bertz CT molecular complexity index is 2570. The molecule has 0 bridgehead atoms. The average Bonchev–Trinajstić information content (AvgIpc) is 3.84. The van der Waals surface area contributed by atoms with Crippen LogP contribution in [0.3, 0.4) is 0 Å². The summed E-state index contributed by atoms with van der Waals surface area (Å²) < 4.78 is 0. The Kier molecular flexibility index (Phi) is 13.9. The summed E-state index contributed by atoms with van der Waals surface area (Å²) in [4.78, 5) is 9.26. The number of rotatable bonds is 4. The second kappa shape index (κ2) is 18.4. The molecular weight excluding hydrogens is 858 g/mol. The summed E-state index contributed by atoms with van der Waals surface area (Å²) in [5, 5.41) is 7.44. The van der Waals surface area contributed by atoms with E-state index in [1.54, 1.807) is 0 Å². The van der Waals surface area contributed by atoms with Gasteiger partial charge in [-0.2, -0.15) is 0 Å². The van der Waals surface area contributed by atoms with Crippen LogP contribution in [0.5, 0.6) is 0 Å². The molecule has 2 heterocycles. The van der Waals surface area contributed by atoms with Crippen LogP contribution in [0.2, 0.25) is 0 Å². The van der Waals surface area contributed by atoms with Crippen LogP contribution in [-0.2, 0) is 52.4 Å². The molecule has 0 saturated heterocycles. The van der Waals surface area contributed by atoms with E-state index in [2.05, 4.69) is 180 Å². The van der Waals surface area contributed by atoms with Gasteiger partial charge in [-0.15, -0.1) is 69.1 Å². The smallest absolute Gasteiger partial charge is 1.00 e. The summed E-state index contributed by atoms with van der Waals surface area (Å²) in [6.45, 7) is 0. The summed E-state index contributed by atoms with van der Waals surface area (Å²) in [6.07, 6.45) is 3.73. The molecule has 0 saturated carbocycles. The minimum absolute atomic E-state index is 0. The minimum atomic E-state index is 0. The number of fused-ring (bicyclic) bond motifs is 4. The standard InChI is InChI=1S/2C24H16N.2ClH.2Zr/c2*1-2-7-17(8-3-1)20-15-19-10-5-12-21(23(19)16-20)22-13-4-9-18-11-6-14-25-24(18)22;;;;/h2*1-16H;2*1H;;/q2*-1;;;2*+2/p-2. The van der Waals surface area contributed by atoms with Crippen molar-refractivity contribution in [3.63, 3.8) is 0 Å². The van der Waals surface area contributed by atoms with Crippen LogP contribution >= 0.6 is 0 Å². The largest absolute Gasteiger partial charge is 2.00 e. The number of hydrogen-bond donors (Lipinski definition) is 0. The molecule has 0 atom stereocenters. The van der Waals surface area contributed by atoms with Gasteiger partial charge in [0.05, 0.1) is 11.0 Å². The van der Waals surface area contributed by atoms with Gasteiger partial charge in [0.2, 0.25) is 0 Å². The van der Waals surface area contributed by atoms with Crippen molar-refractivity contribution in [2.45, 2.75) is 0 Å². The van der Waals surface area contributed by atoms with Gasteiger partial charge in [0.1, 0.15) is 0 Å². The predicted octanol–water partition coefficient (Wildman–Crippen LogP) is 6.88. The third-order valence-corrected chi connectivity index (χ3v) is 9.56. The van der Waals surface area contributed by atoms with E-state index in [0.717, 1.165) is 11.0 Å². The van der Waals surface area contributed by atoms with Gasteiger partial charge in [-0.25, -0.2) is 0 Å². The number of benzene rings is 6. The van der Waals surface area contributed by atoms with Crippen molar-refractivity contribution in [2.24, 2.45) is 0 Å². The van der Waals surface area contributed by atoms with Crippen LogP contribution in [-0.4, -0.2) is 9.97 Å².